The van der Waals surface area contributed by atoms with Gasteiger partial charge in [-0.05, 0) is 51.9 Å². The van der Waals surface area contributed by atoms with E-state index < -0.39 is 0 Å². The molecule has 0 aliphatic carbocycles. The van der Waals surface area contributed by atoms with E-state index in [1.807, 2.05) is 22.8 Å². The van der Waals surface area contributed by atoms with Crippen LogP contribution in [-0.2, 0) is 6.54 Å². The average Bonchev–Trinajstić information content (AvgIpc) is 3.20. The Kier molecular flexibility index (Phi) is 4.55. The molecule has 3 rings (SSSR count). The monoisotopic (exact) mass is 299 g/mol. The van der Waals surface area contributed by atoms with Crippen LogP contribution in [-0.4, -0.2) is 44.8 Å². The molecule has 1 saturated heterocycles. The lowest BCUT2D eigenvalue weighted by Crippen LogP contribution is -2.49. The molecule has 2 heterocycles. The largest absolute Gasteiger partial charge is 0.308 e. The van der Waals surface area contributed by atoms with Gasteiger partial charge in [-0.3, -0.25) is 9.47 Å². The molecule has 0 radical (unpaired) electrons. The van der Waals surface area contributed by atoms with Crippen LogP contribution in [0.1, 0.15) is 32.5 Å². The van der Waals surface area contributed by atoms with Crippen molar-refractivity contribution in [2.45, 2.75) is 38.8 Å². The molecule has 0 spiro atoms. The molecule has 0 bridgehead atoms. The Morgan fingerprint density at radius 1 is 1.14 bits per heavy atom. The zero-order valence-corrected chi connectivity index (χ0v) is 13.5. The molecule has 22 heavy (non-hydrogen) atoms. The maximum absolute atomic E-state index is 4.25. The minimum absolute atomic E-state index is 0.189. The van der Waals surface area contributed by atoms with Gasteiger partial charge in [-0.15, -0.1) is 10.2 Å². The number of benzene rings is 1. The van der Waals surface area contributed by atoms with Crippen LogP contribution in [0, 0.1) is 0 Å². The molecule has 1 aromatic carbocycles. The second-order valence-electron chi connectivity index (χ2n) is 6.56. The van der Waals surface area contributed by atoms with Gasteiger partial charge in [0.25, 0.3) is 0 Å². The zero-order chi connectivity index (χ0) is 15.4. The van der Waals surface area contributed by atoms with Crippen LogP contribution < -0.4 is 5.32 Å². The minimum atomic E-state index is 0.189. The van der Waals surface area contributed by atoms with Crippen molar-refractivity contribution in [1.82, 2.24) is 25.0 Å². The van der Waals surface area contributed by atoms with Crippen molar-refractivity contribution in [2.24, 2.45) is 0 Å². The van der Waals surface area contributed by atoms with Gasteiger partial charge in [0.15, 0.2) is 5.82 Å². The molecule has 5 heteroatoms. The van der Waals surface area contributed by atoms with Crippen molar-refractivity contribution in [3.05, 3.63) is 42.5 Å². The van der Waals surface area contributed by atoms with E-state index in [1.165, 1.54) is 25.9 Å². The van der Waals surface area contributed by atoms with Gasteiger partial charge in [-0.1, -0.05) is 18.2 Å². The summed E-state index contributed by atoms with van der Waals surface area (Å²) in [6.45, 7) is 8.74. The van der Waals surface area contributed by atoms with Crippen molar-refractivity contribution in [2.75, 3.05) is 19.6 Å². The molecule has 0 unspecified atom stereocenters. The molecule has 1 aliphatic rings. The average molecular weight is 299 g/mol. The van der Waals surface area contributed by atoms with Gasteiger partial charge in [-0.2, -0.15) is 0 Å². The molecule has 5 nitrogen and oxygen atoms in total. The van der Waals surface area contributed by atoms with E-state index in [0.29, 0.717) is 0 Å². The Bertz CT molecular complexity index is 584. The fourth-order valence-corrected chi connectivity index (χ4v) is 3.10. The predicted molar refractivity (Wildman–Crippen MR) is 88.0 cm³/mol. The Labute approximate surface area is 132 Å². The summed E-state index contributed by atoms with van der Waals surface area (Å²) in [7, 11) is 0. The predicted octanol–water partition coefficient (Wildman–Crippen LogP) is 2.23. The summed E-state index contributed by atoms with van der Waals surface area (Å²) in [4.78, 5) is 2.57. The normalized spacial score (nSPS) is 16.3. The molecular weight excluding hydrogens is 274 g/mol. The van der Waals surface area contributed by atoms with E-state index in [4.69, 9.17) is 0 Å². The van der Waals surface area contributed by atoms with Gasteiger partial charge >= 0.3 is 0 Å². The highest BCUT2D eigenvalue weighted by Gasteiger charge is 2.28. The number of aromatic nitrogens is 3. The molecule has 0 saturated carbocycles. The minimum Gasteiger partial charge on any atom is -0.308 e. The van der Waals surface area contributed by atoms with Crippen molar-refractivity contribution >= 4 is 0 Å². The van der Waals surface area contributed by atoms with Crippen LogP contribution in [0.4, 0.5) is 0 Å². The maximum Gasteiger partial charge on any atom is 0.151 e. The third-order valence-corrected chi connectivity index (χ3v) is 4.46. The summed E-state index contributed by atoms with van der Waals surface area (Å²) in [5, 5.41) is 11.9. The second-order valence-corrected chi connectivity index (χ2v) is 6.56. The molecule has 1 aromatic heterocycles. The summed E-state index contributed by atoms with van der Waals surface area (Å²) in [6, 6.07) is 10.2. The summed E-state index contributed by atoms with van der Waals surface area (Å²) in [5.41, 5.74) is 1.29. The molecule has 1 fully saturated rings. The molecule has 1 aliphatic heterocycles. The van der Waals surface area contributed by atoms with Crippen LogP contribution in [0.3, 0.4) is 0 Å². The van der Waals surface area contributed by atoms with Crippen molar-refractivity contribution in [3.8, 4) is 5.69 Å². The van der Waals surface area contributed by atoms with Crippen LogP contribution in [0.15, 0.2) is 36.7 Å². The maximum atomic E-state index is 4.25. The third-order valence-electron chi connectivity index (χ3n) is 4.46. The van der Waals surface area contributed by atoms with Gasteiger partial charge in [0, 0.05) is 17.8 Å². The first-order chi connectivity index (χ1) is 10.7. The van der Waals surface area contributed by atoms with Gasteiger partial charge in [0.1, 0.15) is 6.33 Å². The topological polar surface area (TPSA) is 46.0 Å². The van der Waals surface area contributed by atoms with Crippen molar-refractivity contribution in [1.29, 1.82) is 0 Å². The number of nitrogens with zero attached hydrogens (tertiary/aromatic N) is 4. The molecular formula is C17H25N5. The Morgan fingerprint density at radius 2 is 1.86 bits per heavy atom. The van der Waals surface area contributed by atoms with Gasteiger partial charge < -0.3 is 5.32 Å². The first kappa shape index (κ1) is 15.2. The highest BCUT2D eigenvalue weighted by molar-refractivity contribution is 5.31. The number of hydrogen-bond acceptors (Lipinski definition) is 4. The zero-order valence-electron chi connectivity index (χ0n) is 13.5. The number of para-hydroxylation sites is 1. The molecule has 0 atom stereocenters. The van der Waals surface area contributed by atoms with Crippen molar-refractivity contribution in [3.63, 3.8) is 0 Å². The standard InChI is InChI=1S/C17H25N5/c1-17(2,21-10-6-7-11-21)13-18-12-16-20-19-14-22(16)15-8-4-3-5-9-15/h3-5,8-9,14,18H,6-7,10-13H2,1-2H3. The van der Waals surface area contributed by atoms with E-state index in [0.717, 1.165) is 24.6 Å². The Hall–Kier alpha value is -1.72. The second kappa shape index (κ2) is 6.58. The van der Waals surface area contributed by atoms with E-state index in [1.54, 1.807) is 6.33 Å². The highest BCUT2D eigenvalue weighted by atomic mass is 15.3. The van der Waals surface area contributed by atoms with Crippen LogP contribution in [0.2, 0.25) is 0 Å². The number of hydrogen-bond donors (Lipinski definition) is 1. The Morgan fingerprint density at radius 3 is 2.59 bits per heavy atom. The summed E-state index contributed by atoms with van der Waals surface area (Å²) in [6.07, 6.45) is 4.43. The van der Waals surface area contributed by atoms with E-state index in [2.05, 4.69) is 46.4 Å². The quantitative estimate of drug-likeness (QED) is 0.888. The molecule has 118 valence electrons. The lowest BCUT2D eigenvalue weighted by molar-refractivity contribution is 0.151. The smallest absolute Gasteiger partial charge is 0.151 e. The first-order valence-electron chi connectivity index (χ1n) is 8.07. The molecule has 0 amide bonds. The van der Waals surface area contributed by atoms with Crippen LogP contribution in [0.25, 0.3) is 5.69 Å². The Balaban J connectivity index is 1.60. The molecule has 1 N–H and O–H groups in total. The fraction of sp³-hybridized carbons (Fsp3) is 0.529. The summed E-state index contributed by atoms with van der Waals surface area (Å²) in [5.74, 6) is 0.948. The fourth-order valence-electron chi connectivity index (χ4n) is 3.10. The van der Waals surface area contributed by atoms with E-state index >= 15 is 0 Å². The number of rotatable bonds is 6. The van der Waals surface area contributed by atoms with Crippen molar-refractivity contribution < 1.29 is 0 Å². The van der Waals surface area contributed by atoms with Gasteiger partial charge in [-0.25, -0.2) is 0 Å². The lowest BCUT2D eigenvalue weighted by Gasteiger charge is -2.35. The van der Waals surface area contributed by atoms with Crippen LogP contribution in [0.5, 0.6) is 0 Å². The lowest BCUT2D eigenvalue weighted by atomic mass is 10.0. The number of likely N-dealkylation sites (tertiary alicyclic amines) is 1. The molecule has 2 aromatic rings. The summed E-state index contributed by atoms with van der Waals surface area (Å²) < 4.78 is 2.04. The van der Waals surface area contributed by atoms with Crippen LogP contribution >= 0.6 is 0 Å². The summed E-state index contributed by atoms with van der Waals surface area (Å²) >= 11 is 0. The van der Waals surface area contributed by atoms with E-state index in [9.17, 15) is 0 Å². The van der Waals surface area contributed by atoms with Gasteiger partial charge in [0.05, 0.1) is 6.54 Å². The third kappa shape index (κ3) is 3.36. The highest BCUT2D eigenvalue weighted by Crippen LogP contribution is 2.20. The van der Waals surface area contributed by atoms with E-state index in [-0.39, 0.29) is 5.54 Å². The first-order valence-corrected chi connectivity index (χ1v) is 8.07. The number of nitrogens with one attached hydrogen (secondary N) is 1. The van der Waals surface area contributed by atoms with Gasteiger partial charge in [0.2, 0.25) is 0 Å². The SMILES string of the molecule is CC(C)(CNCc1nncn1-c1ccccc1)N1CCCC1.